The monoisotopic (exact) mass is 340 g/mol. The van der Waals surface area contributed by atoms with Crippen molar-refractivity contribution in [3.8, 4) is 0 Å². The molecule has 128 valence electrons. The molecule has 1 fully saturated rings. The van der Waals surface area contributed by atoms with Crippen LogP contribution in [0, 0.1) is 0 Å². The Morgan fingerprint density at radius 2 is 2.09 bits per heavy atom. The van der Waals surface area contributed by atoms with Crippen molar-refractivity contribution in [2.24, 2.45) is 0 Å². The molecular formula is C17H25ClN2O3. The van der Waals surface area contributed by atoms with Crippen molar-refractivity contribution >= 4 is 17.5 Å². The molecule has 1 aliphatic rings. The van der Waals surface area contributed by atoms with E-state index in [1.165, 1.54) is 0 Å². The smallest absolute Gasteiger partial charge is 0.227 e. The standard InChI is InChI=1S/C17H25ClN2O3/c1-2-23-13-16(21)12-19-6-8-20(9-7-19)17(22)11-14-4-3-5-15(18)10-14/h3-5,10,16,21H,2,6-9,11-13H2,1H3/t16-/m0/s1. The molecule has 1 saturated heterocycles. The van der Waals surface area contributed by atoms with Crippen molar-refractivity contribution in [3.63, 3.8) is 0 Å². The Balaban J connectivity index is 1.74. The first kappa shape index (κ1) is 18.2. The van der Waals surface area contributed by atoms with Crippen LogP contribution in [0.3, 0.4) is 0 Å². The number of hydrogen-bond acceptors (Lipinski definition) is 4. The molecule has 1 N–H and O–H groups in total. The number of benzene rings is 1. The van der Waals surface area contributed by atoms with E-state index in [2.05, 4.69) is 4.90 Å². The highest BCUT2D eigenvalue weighted by Gasteiger charge is 2.22. The van der Waals surface area contributed by atoms with Crippen molar-refractivity contribution in [2.45, 2.75) is 19.4 Å². The predicted octanol–water partition coefficient (Wildman–Crippen LogP) is 1.42. The molecule has 1 aliphatic heterocycles. The van der Waals surface area contributed by atoms with Gasteiger partial charge in [0.1, 0.15) is 0 Å². The first-order valence-corrected chi connectivity index (χ1v) is 8.46. The zero-order valence-electron chi connectivity index (χ0n) is 13.6. The lowest BCUT2D eigenvalue weighted by Gasteiger charge is -2.35. The highest BCUT2D eigenvalue weighted by Crippen LogP contribution is 2.13. The molecule has 0 spiro atoms. The zero-order valence-corrected chi connectivity index (χ0v) is 14.3. The summed E-state index contributed by atoms with van der Waals surface area (Å²) in [5.41, 5.74) is 0.942. The van der Waals surface area contributed by atoms with Gasteiger partial charge in [-0.2, -0.15) is 0 Å². The summed E-state index contributed by atoms with van der Waals surface area (Å²) in [7, 11) is 0. The van der Waals surface area contributed by atoms with Crippen molar-refractivity contribution in [3.05, 3.63) is 34.9 Å². The number of β-amino-alcohol motifs (C(OH)–C–C–N with tert-alkyl or cyclic N) is 1. The van der Waals surface area contributed by atoms with E-state index in [4.69, 9.17) is 16.3 Å². The Morgan fingerprint density at radius 3 is 2.74 bits per heavy atom. The summed E-state index contributed by atoms with van der Waals surface area (Å²) < 4.78 is 5.22. The van der Waals surface area contributed by atoms with Gasteiger partial charge in [0.15, 0.2) is 0 Å². The van der Waals surface area contributed by atoms with Gasteiger partial charge in [-0.15, -0.1) is 0 Å². The van der Waals surface area contributed by atoms with E-state index < -0.39 is 6.10 Å². The number of aliphatic hydroxyl groups excluding tert-OH is 1. The molecule has 1 heterocycles. The number of halogens is 1. The highest BCUT2D eigenvalue weighted by atomic mass is 35.5. The number of hydrogen-bond donors (Lipinski definition) is 1. The van der Waals surface area contributed by atoms with Crippen LogP contribution in [-0.2, 0) is 16.0 Å². The number of amides is 1. The molecule has 5 nitrogen and oxygen atoms in total. The van der Waals surface area contributed by atoms with E-state index in [1.807, 2.05) is 36.1 Å². The Morgan fingerprint density at radius 1 is 1.35 bits per heavy atom. The number of rotatable bonds is 7. The molecule has 6 heteroatoms. The molecule has 0 aliphatic carbocycles. The normalized spacial score (nSPS) is 17.3. The van der Waals surface area contributed by atoms with Crippen LogP contribution in [-0.4, -0.2) is 72.9 Å². The Labute approximate surface area is 142 Å². The summed E-state index contributed by atoms with van der Waals surface area (Å²) in [6, 6.07) is 7.43. The van der Waals surface area contributed by atoms with Crippen molar-refractivity contribution in [1.82, 2.24) is 9.80 Å². The maximum absolute atomic E-state index is 12.3. The molecule has 1 aromatic rings. The summed E-state index contributed by atoms with van der Waals surface area (Å²) in [5.74, 6) is 0.127. The first-order chi connectivity index (χ1) is 11.1. The van der Waals surface area contributed by atoms with Crippen LogP contribution in [0.1, 0.15) is 12.5 Å². The van der Waals surface area contributed by atoms with Crippen LogP contribution in [0.2, 0.25) is 5.02 Å². The molecule has 0 aromatic heterocycles. The van der Waals surface area contributed by atoms with Crippen LogP contribution in [0.4, 0.5) is 0 Å². The number of piperazine rings is 1. The fourth-order valence-corrected chi connectivity index (χ4v) is 2.93. The van der Waals surface area contributed by atoms with E-state index in [9.17, 15) is 9.90 Å². The number of ether oxygens (including phenoxy) is 1. The number of carbonyl (C=O) groups is 1. The SMILES string of the molecule is CCOC[C@@H](O)CN1CCN(C(=O)Cc2cccc(Cl)c2)CC1. The van der Waals surface area contributed by atoms with Gasteiger partial charge in [-0.25, -0.2) is 0 Å². The fraction of sp³-hybridized carbons (Fsp3) is 0.588. The van der Waals surface area contributed by atoms with Gasteiger partial charge in [-0.3, -0.25) is 9.69 Å². The van der Waals surface area contributed by atoms with Crippen LogP contribution in [0.5, 0.6) is 0 Å². The van der Waals surface area contributed by atoms with Gasteiger partial charge >= 0.3 is 0 Å². The van der Waals surface area contributed by atoms with Crippen LogP contribution < -0.4 is 0 Å². The van der Waals surface area contributed by atoms with Gasteiger partial charge < -0.3 is 14.7 Å². The van der Waals surface area contributed by atoms with Crippen LogP contribution >= 0.6 is 11.6 Å². The van der Waals surface area contributed by atoms with Gasteiger partial charge in [0.05, 0.1) is 19.1 Å². The van der Waals surface area contributed by atoms with Crippen LogP contribution in [0.15, 0.2) is 24.3 Å². The minimum atomic E-state index is -0.469. The number of nitrogens with zero attached hydrogens (tertiary/aromatic N) is 2. The minimum absolute atomic E-state index is 0.127. The molecule has 0 radical (unpaired) electrons. The van der Waals surface area contributed by atoms with E-state index in [0.29, 0.717) is 44.3 Å². The van der Waals surface area contributed by atoms with Crippen molar-refractivity contribution < 1.29 is 14.6 Å². The molecule has 1 amide bonds. The largest absolute Gasteiger partial charge is 0.389 e. The fourth-order valence-electron chi connectivity index (χ4n) is 2.72. The summed E-state index contributed by atoms with van der Waals surface area (Å²) in [4.78, 5) is 16.4. The van der Waals surface area contributed by atoms with E-state index in [-0.39, 0.29) is 5.91 Å². The van der Waals surface area contributed by atoms with Crippen LogP contribution in [0.25, 0.3) is 0 Å². The zero-order chi connectivity index (χ0) is 16.7. The van der Waals surface area contributed by atoms with Gasteiger partial charge in [0, 0.05) is 44.4 Å². The molecule has 0 unspecified atom stereocenters. The first-order valence-electron chi connectivity index (χ1n) is 8.09. The molecule has 0 saturated carbocycles. The Kier molecular flexibility index (Phi) is 7.30. The molecule has 1 aromatic carbocycles. The minimum Gasteiger partial charge on any atom is -0.389 e. The van der Waals surface area contributed by atoms with E-state index >= 15 is 0 Å². The molecule has 1 atom stereocenters. The van der Waals surface area contributed by atoms with Gasteiger partial charge in [0.25, 0.3) is 0 Å². The van der Waals surface area contributed by atoms with Crippen molar-refractivity contribution in [2.75, 3.05) is 45.9 Å². The number of aliphatic hydroxyl groups is 1. The lowest BCUT2D eigenvalue weighted by Crippen LogP contribution is -2.51. The van der Waals surface area contributed by atoms with Gasteiger partial charge in [-0.05, 0) is 24.6 Å². The summed E-state index contributed by atoms with van der Waals surface area (Å²) >= 11 is 5.95. The quantitative estimate of drug-likeness (QED) is 0.815. The molecule has 2 rings (SSSR count). The van der Waals surface area contributed by atoms with Gasteiger partial charge in [-0.1, -0.05) is 23.7 Å². The van der Waals surface area contributed by atoms with E-state index in [1.54, 1.807) is 0 Å². The predicted molar refractivity (Wildman–Crippen MR) is 90.7 cm³/mol. The van der Waals surface area contributed by atoms with Crippen molar-refractivity contribution in [1.29, 1.82) is 0 Å². The summed E-state index contributed by atoms with van der Waals surface area (Å²) in [6.45, 7) is 6.44. The van der Waals surface area contributed by atoms with E-state index in [0.717, 1.165) is 18.7 Å². The third-order valence-electron chi connectivity index (χ3n) is 3.95. The maximum Gasteiger partial charge on any atom is 0.227 e. The lowest BCUT2D eigenvalue weighted by atomic mass is 10.1. The number of carbonyl (C=O) groups excluding carboxylic acids is 1. The Hall–Kier alpha value is -1.14. The lowest BCUT2D eigenvalue weighted by molar-refractivity contribution is -0.132. The third-order valence-corrected chi connectivity index (χ3v) is 4.19. The second-order valence-electron chi connectivity index (χ2n) is 5.80. The average molecular weight is 341 g/mol. The second-order valence-corrected chi connectivity index (χ2v) is 6.24. The second kappa shape index (κ2) is 9.23. The van der Waals surface area contributed by atoms with Gasteiger partial charge in [0.2, 0.25) is 5.91 Å². The summed E-state index contributed by atoms with van der Waals surface area (Å²) in [6.07, 6.45) is -0.0864. The molecule has 23 heavy (non-hydrogen) atoms. The third kappa shape index (κ3) is 6.11. The molecular weight excluding hydrogens is 316 g/mol. The topological polar surface area (TPSA) is 53.0 Å². The summed E-state index contributed by atoms with van der Waals surface area (Å²) in [5, 5.41) is 10.5. The Bertz CT molecular complexity index is 504. The maximum atomic E-state index is 12.3. The molecule has 0 bridgehead atoms. The highest BCUT2D eigenvalue weighted by molar-refractivity contribution is 6.30. The average Bonchev–Trinajstić information content (AvgIpc) is 2.53.